The van der Waals surface area contributed by atoms with E-state index in [1.54, 1.807) is 37.2 Å². The van der Waals surface area contributed by atoms with Crippen LogP contribution in [0.3, 0.4) is 0 Å². The van der Waals surface area contributed by atoms with Gasteiger partial charge in [0.2, 0.25) is 5.88 Å². The number of anilines is 1. The van der Waals surface area contributed by atoms with Gasteiger partial charge in [-0.05, 0) is 31.5 Å². The number of alkyl halides is 3. The van der Waals surface area contributed by atoms with Gasteiger partial charge < -0.3 is 15.0 Å². The molecule has 9 heteroatoms. The first kappa shape index (κ1) is 18.9. The van der Waals surface area contributed by atoms with Crippen LogP contribution in [0.5, 0.6) is 5.88 Å². The highest BCUT2D eigenvalue weighted by Crippen LogP contribution is 2.38. The largest absolute Gasteiger partial charge is 0.468 e. The van der Waals surface area contributed by atoms with Gasteiger partial charge >= 0.3 is 6.18 Å². The Bertz CT molecular complexity index is 870. The Morgan fingerprint density at radius 1 is 1.33 bits per heavy atom. The van der Waals surface area contributed by atoms with Crippen LogP contribution in [-0.2, 0) is 6.54 Å². The zero-order chi connectivity index (χ0) is 19.8. The third kappa shape index (κ3) is 3.81. The summed E-state index contributed by atoms with van der Waals surface area (Å²) in [5, 5.41) is 2.99. The van der Waals surface area contributed by atoms with Crippen LogP contribution in [0.2, 0.25) is 0 Å². The van der Waals surface area contributed by atoms with Crippen LogP contribution in [-0.4, -0.2) is 40.6 Å². The van der Waals surface area contributed by atoms with E-state index in [0.717, 1.165) is 5.56 Å². The molecule has 1 amide bonds. The van der Waals surface area contributed by atoms with Gasteiger partial charge in [0.05, 0.1) is 11.6 Å². The van der Waals surface area contributed by atoms with Crippen LogP contribution in [0, 0.1) is 6.92 Å². The Labute approximate surface area is 154 Å². The lowest BCUT2D eigenvalue weighted by atomic mass is 10.1. The standard InChI is InChI=1S/C18H19F3N4O2/c1-10-6-12(7-24-16(10)27-9-18(19,20)21)8-25-11(2)14-13(17(25)26)4-5-23-15(14)22-3/h4-7,11H,8-9H2,1-3H3,(H,22,23). The molecule has 1 N–H and O–H groups in total. The number of halogens is 3. The maximum atomic E-state index is 12.7. The molecular weight excluding hydrogens is 361 g/mol. The highest BCUT2D eigenvalue weighted by Gasteiger charge is 2.36. The van der Waals surface area contributed by atoms with Crippen LogP contribution >= 0.6 is 0 Å². The third-order valence-corrected chi connectivity index (χ3v) is 4.42. The monoisotopic (exact) mass is 380 g/mol. The molecule has 6 nitrogen and oxygen atoms in total. The topological polar surface area (TPSA) is 67.3 Å². The summed E-state index contributed by atoms with van der Waals surface area (Å²) < 4.78 is 41.6. The zero-order valence-electron chi connectivity index (χ0n) is 15.1. The fourth-order valence-corrected chi connectivity index (χ4v) is 3.18. The quantitative estimate of drug-likeness (QED) is 0.860. The minimum absolute atomic E-state index is 0.0678. The number of carbonyl (C=O) groups excluding carboxylic acids is 1. The van der Waals surface area contributed by atoms with Crippen LogP contribution in [0.1, 0.15) is 40.0 Å². The van der Waals surface area contributed by atoms with Crippen molar-refractivity contribution in [1.82, 2.24) is 14.9 Å². The normalized spacial score (nSPS) is 16.4. The summed E-state index contributed by atoms with van der Waals surface area (Å²) in [5.74, 6) is 0.467. The predicted octanol–water partition coefficient (Wildman–Crippen LogP) is 3.48. The van der Waals surface area contributed by atoms with E-state index in [4.69, 9.17) is 4.74 Å². The summed E-state index contributed by atoms with van der Waals surface area (Å²) in [6, 6.07) is 3.18. The van der Waals surface area contributed by atoms with E-state index in [2.05, 4.69) is 15.3 Å². The molecule has 0 bridgehead atoms. The number of hydrogen-bond donors (Lipinski definition) is 1. The number of amides is 1. The van der Waals surface area contributed by atoms with Gasteiger partial charge in [0.25, 0.3) is 5.91 Å². The van der Waals surface area contributed by atoms with E-state index in [1.807, 2.05) is 6.92 Å². The molecule has 0 saturated carbocycles. The molecule has 0 radical (unpaired) electrons. The lowest BCUT2D eigenvalue weighted by Gasteiger charge is -2.23. The van der Waals surface area contributed by atoms with E-state index in [9.17, 15) is 18.0 Å². The minimum Gasteiger partial charge on any atom is -0.468 e. The molecule has 2 aromatic rings. The average molecular weight is 380 g/mol. The van der Waals surface area contributed by atoms with E-state index in [-0.39, 0.29) is 24.4 Å². The predicted molar refractivity (Wildman–Crippen MR) is 92.6 cm³/mol. The van der Waals surface area contributed by atoms with Crippen molar-refractivity contribution in [3.8, 4) is 5.88 Å². The second kappa shape index (κ2) is 7.05. The van der Waals surface area contributed by atoms with Gasteiger partial charge in [0, 0.05) is 37.1 Å². The van der Waals surface area contributed by atoms with Gasteiger partial charge in [-0.15, -0.1) is 0 Å². The van der Waals surface area contributed by atoms with Gasteiger partial charge in [-0.2, -0.15) is 13.2 Å². The maximum Gasteiger partial charge on any atom is 0.422 e. The molecule has 1 aliphatic rings. The summed E-state index contributed by atoms with van der Waals surface area (Å²) in [6.07, 6.45) is -1.41. The highest BCUT2D eigenvalue weighted by atomic mass is 19.4. The fourth-order valence-electron chi connectivity index (χ4n) is 3.18. The Hall–Kier alpha value is -2.84. The van der Waals surface area contributed by atoms with Crippen LogP contribution in [0.15, 0.2) is 24.5 Å². The molecule has 0 saturated heterocycles. The number of carbonyl (C=O) groups is 1. The first-order valence-corrected chi connectivity index (χ1v) is 8.34. The zero-order valence-corrected chi connectivity index (χ0v) is 15.1. The number of nitrogens with one attached hydrogen (secondary N) is 1. The number of aromatic nitrogens is 2. The number of aryl methyl sites for hydroxylation is 1. The lowest BCUT2D eigenvalue weighted by Crippen LogP contribution is -2.26. The van der Waals surface area contributed by atoms with Crippen LogP contribution in [0.4, 0.5) is 19.0 Å². The van der Waals surface area contributed by atoms with Gasteiger partial charge in [0.1, 0.15) is 5.82 Å². The number of ether oxygens (including phenoxy) is 1. The van der Waals surface area contributed by atoms with Crippen molar-refractivity contribution in [2.24, 2.45) is 0 Å². The Morgan fingerprint density at radius 3 is 2.70 bits per heavy atom. The smallest absolute Gasteiger partial charge is 0.422 e. The van der Waals surface area contributed by atoms with Crippen LogP contribution < -0.4 is 10.1 Å². The van der Waals surface area contributed by atoms with Crippen molar-refractivity contribution in [3.63, 3.8) is 0 Å². The van der Waals surface area contributed by atoms with Crippen LogP contribution in [0.25, 0.3) is 0 Å². The first-order chi connectivity index (χ1) is 12.7. The lowest BCUT2D eigenvalue weighted by molar-refractivity contribution is -0.154. The van der Waals surface area contributed by atoms with Crippen molar-refractivity contribution in [2.45, 2.75) is 32.6 Å². The second-order valence-corrected chi connectivity index (χ2v) is 6.35. The van der Waals surface area contributed by atoms with E-state index in [1.165, 1.54) is 6.20 Å². The van der Waals surface area contributed by atoms with Crippen molar-refractivity contribution < 1.29 is 22.7 Å². The Morgan fingerprint density at radius 2 is 2.07 bits per heavy atom. The third-order valence-electron chi connectivity index (χ3n) is 4.42. The molecule has 2 aromatic heterocycles. The number of fused-ring (bicyclic) bond motifs is 1. The molecule has 0 aromatic carbocycles. The maximum absolute atomic E-state index is 12.7. The van der Waals surface area contributed by atoms with Crippen molar-refractivity contribution in [2.75, 3.05) is 19.0 Å². The molecule has 0 aliphatic carbocycles. The SMILES string of the molecule is CNc1nccc2c1C(C)N(Cc1cnc(OCC(F)(F)F)c(C)c1)C2=O. The summed E-state index contributed by atoms with van der Waals surface area (Å²) >= 11 is 0. The molecule has 1 aliphatic heterocycles. The summed E-state index contributed by atoms with van der Waals surface area (Å²) in [7, 11) is 1.75. The highest BCUT2D eigenvalue weighted by molar-refractivity contribution is 6.00. The summed E-state index contributed by atoms with van der Waals surface area (Å²) in [5.41, 5.74) is 2.61. The second-order valence-electron chi connectivity index (χ2n) is 6.35. The fraction of sp³-hybridized carbons (Fsp3) is 0.389. The van der Waals surface area contributed by atoms with Gasteiger partial charge in [-0.25, -0.2) is 9.97 Å². The number of rotatable bonds is 5. The first-order valence-electron chi connectivity index (χ1n) is 8.34. The molecule has 3 rings (SSSR count). The van der Waals surface area contributed by atoms with E-state index >= 15 is 0 Å². The summed E-state index contributed by atoms with van der Waals surface area (Å²) in [6.45, 7) is 2.42. The van der Waals surface area contributed by atoms with Gasteiger partial charge in [-0.3, -0.25) is 4.79 Å². The molecule has 1 unspecified atom stereocenters. The summed E-state index contributed by atoms with van der Waals surface area (Å²) in [4.78, 5) is 22.6. The molecule has 144 valence electrons. The Balaban J connectivity index is 1.78. The number of pyridine rings is 2. The minimum atomic E-state index is -4.42. The van der Waals surface area contributed by atoms with Gasteiger partial charge in [-0.1, -0.05) is 0 Å². The van der Waals surface area contributed by atoms with Gasteiger partial charge in [0.15, 0.2) is 6.61 Å². The van der Waals surface area contributed by atoms with E-state index < -0.39 is 12.8 Å². The number of nitrogens with zero attached hydrogens (tertiary/aromatic N) is 3. The molecular formula is C18H19F3N4O2. The molecule has 27 heavy (non-hydrogen) atoms. The molecule has 0 fully saturated rings. The van der Waals surface area contributed by atoms with Crippen molar-refractivity contribution in [3.05, 3.63) is 46.8 Å². The Kier molecular flexibility index (Phi) is 4.95. The van der Waals surface area contributed by atoms with Crippen molar-refractivity contribution >= 4 is 11.7 Å². The average Bonchev–Trinajstić information content (AvgIpc) is 2.85. The number of hydrogen-bond acceptors (Lipinski definition) is 5. The van der Waals surface area contributed by atoms with E-state index in [0.29, 0.717) is 22.5 Å². The van der Waals surface area contributed by atoms with Crippen molar-refractivity contribution in [1.29, 1.82) is 0 Å². The molecule has 0 spiro atoms. The molecule has 3 heterocycles. The molecule has 1 atom stereocenters.